The molecule has 110 valence electrons. The lowest BCUT2D eigenvalue weighted by molar-refractivity contribution is 0.146. The summed E-state index contributed by atoms with van der Waals surface area (Å²) >= 11 is 0. The van der Waals surface area contributed by atoms with Crippen molar-refractivity contribution in [2.24, 2.45) is 0 Å². The molecule has 0 radical (unpaired) electrons. The van der Waals surface area contributed by atoms with Gasteiger partial charge in [-0.3, -0.25) is 0 Å². The molecule has 0 amide bonds. The normalized spacial score (nSPS) is 10.3. The number of carbonyl (C=O) groups is 1. The Labute approximate surface area is 114 Å². The number of hydrogen-bond acceptors (Lipinski definition) is 3. The van der Waals surface area contributed by atoms with Crippen LogP contribution in [0.3, 0.4) is 0 Å². The van der Waals surface area contributed by atoms with E-state index in [2.05, 4.69) is 9.47 Å². The Morgan fingerprint density at radius 1 is 0.714 bits per heavy atom. The Morgan fingerprint density at radius 3 is 1.71 bits per heavy atom. The molecule has 0 heterocycles. The van der Waals surface area contributed by atoms with Crippen LogP contribution in [-0.2, 0) is 0 Å². The second-order valence-corrected chi connectivity index (χ2v) is 3.67. The maximum absolute atomic E-state index is 13.2. The number of rotatable bonds is 2. The first-order valence-corrected chi connectivity index (χ1v) is 5.38. The van der Waals surface area contributed by atoms with Crippen molar-refractivity contribution < 1.29 is 36.2 Å². The van der Waals surface area contributed by atoms with E-state index in [-0.39, 0.29) is 5.75 Å². The van der Waals surface area contributed by atoms with E-state index in [1.165, 1.54) is 24.3 Å². The summed E-state index contributed by atoms with van der Waals surface area (Å²) in [6.45, 7) is 0. The highest BCUT2D eigenvalue weighted by molar-refractivity contribution is 5.67. The minimum absolute atomic E-state index is 0.0358. The summed E-state index contributed by atoms with van der Waals surface area (Å²) in [4.78, 5) is 11.3. The van der Waals surface area contributed by atoms with Crippen LogP contribution >= 0.6 is 0 Å². The van der Waals surface area contributed by atoms with E-state index in [0.29, 0.717) is 0 Å². The van der Waals surface area contributed by atoms with Crippen molar-refractivity contribution in [2.75, 3.05) is 0 Å². The average Bonchev–Trinajstić information content (AvgIpc) is 2.48. The first-order chi connectivity index (χ1) is 9.91. The molecule has 0 unspecified atom stereocenters. The second kappa shape index (κ2) is 5.78. The predicted molar refractivity (Wildman–Crippen MR) is 59.3 cm³/mol. The van der Waals surface area contributed by atoms with Gasteiger partial charge in [-0.2, -0.15) is 8.78 Å². The molecule has 0 bridgehead atoms. The van der Waals surface area contributed by atoms with Gasteiger partial charge in [-0.05, 0) is 12.1 Å². The molecule has 21 heavy (non-hydrogen) atoms. The zero-order valence-corrected chi connectivity index (χ0v) is 10.0. The third kappa shape index (κ3) is 2.93. The van der Waals surface area contributed by atoms with E-state index < -0.39 is 41.0 Å². The van der Waals surface area contributed by atoms with Crippen LogP contribution in [0.1, 0.15) is 0 Å². The van der Waals surface area contributed by atoms with E-state index in [4.69, 9.17) is 0 Å². The molecule has 0 spiro atoms. The van der Waals surface area contributed by atoms with Crippen LogP contribution in [0, 0.1) is 29.1 Å². The summed E-state index contributed by atoms with van der Waals surface area (Å²) in [6.07, 6.45) is -1.65. The van der Waals surface area contributed by atoms with Gasteiger partial charge in [0.1, 0.15) is 5.75 Å². The van der Waals surface area contributed by atoms with E-state index in [1.54, 1.807) is 6.07 Å². The molecule has 0 N–H and O–H groups in total. The quantitative estimate of drug-likeness (QED) is 0.277. The van der Waals surface area contributed by atoms with Crippen molar-refractivity contribution in [1.29, 1.82) is 0 Å². The van der Waals surface area contributed by atoms with Gasteiger partial charge in [0.2, 0.25) is 34.8 Å². The van der Waals surface area contributed by atoms with Gasteiger partial charge in [-0.25, -0.2) is 18.0 Å². The monoisotopic (exact) mass is 304 g/mol. The molecular formula is C13H5F5O3. The van der Waals surface area contributed by atoms with E-state index in [1.807, 2.05) is 0 Å². The molecule has 0 atom stereocenters. The van der Waals surface area contributed by atoms with Gasteiger partial charge in [-0.15, -0.1) is 0 Å². The first kappa shape index (κ1) is 14.8. The topological polar surface area (TPSA) is 35.5 Å². The molecule has 8 heteroatoms. The molecule has 0 fully saturated rings. The fourth-order valence-electron chi connectivity index (χ4n) is 1.36. The number of benzene rings is 2. The number of hydrogen-bond donors (Lipinski definition) is 0. The third-order valence-electron chi connectivity index (χ3n) is 2.30. The molecule has 0 aliphatic rings. The number of para-hydroxylation sites is 1. The van der Waals surface area contributed by atoms with Crippen LogP contribution in [0.2, 0.25) is 0 Å². The largest absolute Gasteiger partial charge is 0.519 e. The van der Waals surface area contributed by atoms with Crippen molar-refractivity contribution in [3.05, 3.63) is 59.4 Å². The minimum atomic E-state index is -2.35. The van der Waals surface area contributed by atoms with Gasteiger partial charge in [0.05, 0.1) is 0 Å². The van der Waals surface area contributed by atoms with Crippen molar-refractivity contribution in [1.82, 2.24) is 0 Å². The van der Waals surface area contributed by atoms with Crippen molar-refractivity contribution in [3.63, 3.8) is 0 Å². The molecule has 0 aliphatic heterocycles. The summed E-state index contributed by atoms with van der Waals surface area (Å²) in [7, 11) is 0. The van der Waals surface area contributed by atoms with Gasteiger partial charge in [0, 0.05) is 0 Å². The van der Waals surface area contributed by atoms with Gasteiger partial charge in [0.15, 0.2) is 0 Å². The van der Waals surface area contributed by atoms with Crippen LogP contribution in [0.5, 0.6) is 11.5 Å². The molecule has 0 saturated heterocycles. The molecular weight excluding hydrogens is 299 g/mol. The number of ether oxygens (including phenoxy) is 2. The zero-order valence-electron chi connectivity index (χ0n) is 10.0. The molecule has 2 aromatic rings. The van der Waals surface area contributed by atoms with Gasteiger partial charge < -0.3 is 9.47 Å². The number of halogens is 5. The second-order valence-electron chi connectivity index (χ2n) is 3.67. The van der Waals surface area contributed by atoms with Gasteiger partial charge in [0.25, 0.3) is 0 Å². The van der Waals surface area contributed by atoms with Gasteiger partial charge >= 0.3 is 6.16 Å². The Kier molecular flexibility index (Phi) is 4.06. The lowest BCUT2D eigenvalue weighted by Crippen LogP contribution is -2.17. The third-order valence-corrected chi connectivity index (χ3v) is 2.30. The standard InChI is InChI=1S/C13H5F5O3/c14-7-8(15)10(17)12(11(18)9(7)16)21-13(19)20-6-4-2-1-3-5-6/h1-5H. The minimum Gasteiger partial charge on any atom is -0.395 e. The number of carbonyl (C=O) groups excluding carboxylic acids is 1. The van der Waals surface area contributed by atoms with Crippen LogP contribution < -0.4 is 9.47 Å². The van der Waals surface area contributed by atoms with Crippen molar-refractivity contribution >= 4 is 6.16 Å². The lowest BCUT2D eigenvalue weighted by atomic mass is 10.3. The molecule has 0 saturated carbocycles. The van der Waals surface area contributed by atoms with E-state index in [0.717, 1.165) is 0 Å². The van der Waals surface area contributed by atoms with Crippen LogP contribution in [0.4, 0.5) is 26.7 Å². The molecule has 0 aliphatic carbocycles. The van der Waals surface area contributed by atoms with Gasteiger partial charge in [-0.1, -0.05) is 18.2 Å². The highest BCUT2D eigenvalue weighted by atomic mass is 19.2. The average molecular weight is 304 g/mol. The van der Waals surface area contributed by atoms with E-state index in [9.17, 15) is 26.7 Å². The zero-order chi connectivity index (χ0) is 15.6. The van der Waals surface area contributed by atoms with Crippen molar-refractivity contribution in [2.45, 2.75) is 0 Å². The Morgan fingerprint density at radius 2 is 1.19 bits per heavy atom. The summed E-state index contributed by atoms with van der Waals surface area (Å²) in [6, 6.07) is 7.21. The van der Waals surface area contributed by atoms with Crippen molar-refractivity contribution in [3.8, 4) is 11.5 Å². The summed E-state index contributed by atoms with van der Waals surface area (Å²) in [5, 5.41) is 0. The highest BCUT2D eigenvalue weighted by Gasteiger charge is 2.29. The Bertz CT molecular complexity index is 659. The fraction of sp³-hybridized carbons (Fsp3) is 0. The predicted octanol–water partition coefficient (Wildman–Crippen LogP) is 3.96. The molecule has 0 aromatic heterocycles. The van der Waals surface area contributed by atoms with Crippen LogP contribution in [0.15, 0.2) is 30.3 Å². The SMILES string of the molecule is O=C(Oc1ccccc1)Oc1c(F)c(F)c(F)c(F)c1F. The summed E-state index contributed by atoms with van der Waals surface area (Å²) in [5.74, 6) is -13.1. The Balaban J connectivity index is 2.26. The highest BCUT2D eigenvalue weighted by Crippen LogP contribution is 2.29. The van der Waals surface area contributed by atoms with Crippen LogP contribution in [0.25, 0.3) is 0 Å². The summed E-state index contributed by atoms with van der Waals surface area (Å²) < 4.78 is 73.6. The van der Waals surface area contributed by atoms with Crippen LogP contribution in [-0.4, -0.2) is 6.16 Å². The Hall–Kier alpha value is -2.64. The molecule has 2 rings (SSSR count). The first-order valence-electron chi connectivity index (χ1n) is 5.38. The van der Waals surface area contributed by atoms with E-state index >= 15 is 0 Å². The maximum atomic E-state index is 13.2. The maximum Gasteiger partial charge on any atom is 0.519 e. The smallest absolute Gasteiger partial charge is 0.395 e. The molecule has 3 nitrogen and oxygen atoms in total. The summed E-state index contributed by atoms with van der Waals surface area (Å²) in [5.41, 5.74) is 0. The lowest BCUT2D eigenvalue weighted by Gasteiger charge is -2.08. The fourth-order valence-corrected chi connectivity index (χ4v) is 1.36. The molecule has 2 aromatic carbocycles.